The maximum Gasteiger partial charge on any atom is 1.00 e. The molecule has 0 N–H and O–H groups in total. The van der Waals surface area contributed by atoms with Crippen LogP contribution in [0.15, 0.2) is 28.4 Å². The fourth-order valence-electron chi connectivity index (χ4n) is 1.71. The zero-order valence-electron chi connectivity index (χ0n) is 9.25. The van der Waals surface area contributed by atoms with Crippen molar-refractivity contribution in [3.8, 4) is 0 Å². The average molecular weight is 176 g/mol. The molecule has 2 aliphatic rings. The lowest BCUT2D eigenvalue weighted by atomic mass is 10.1. The summed E-state index contributed by atoms with van der Waals surface area (Å²) in [6.45, 7) is 7.31. The number of hydrogen-bond donors (Lipinski definition) is 0. The first-order chi connectivity index (χ1) is 6.25. The van der Waals surface area contributed by atoms with Gasteiger partial charge in [-0.15, -0.1) is 0 Å². The van der Waals surface area contributed by atoms with E-state index < -0.39 is 0 Å². The largest absolute Gasteiger partial charge is 1.00 e. The first-order valence-corrected chi connectivity index (χ1v) is 4.70. The van der Waals surface area contributed by atoms with Crippen molar-refractivity contribution in [3.05, 3.63) is 29.3 Å². The Labute approximate surface area is 81.1 Å². The zero-order chi connectivity index (χ0) is 9.26. The van der Waals surface area contributed by atoms with Gasteiger partial charge < -0.3 is 4.90 Å². The van der Waals surface area contributed by atoms with E-state index in [0.717, 1.165) is 19.6 Å². The molecule has 2 rings (SSSR count). The molecule has 0 aliphatic carbocycles. The van der Waals surface area contributed by atoms with Crippen LogP contribution < -0.4 is 0 Å². The fourth-order valence-corrected chi connectivity index (χ4v) is 1.71. The SMILES string of the molecule is C[C](C)CN1C=C2C=NCC2=CC1.[H+]. The first-order valence-electron chi connectivity index (χ1n) is 4.70. The van der Waals surface area contributed by atoms with Gasteiger partial charge in [-0.25, -0.2) is 0 Å². The van der Waals surface area contributed by atoms with Crippen LogP contribution in [0.25, 0.3) is 0 Å². The molecule has 0 saturated carbocycles. The van der Waals surface area contributed by atoms with Crippen LogP contribution in [-0.2, 0) is 0 Å². The predicted octanol–water partition coefficient (Wildman–Crippen LogP) is 1.92. The van der Waals surface area contributed by atoms with E-state index in [9.17, 15) is 0 Å². The average Bonchev–Trinajstić information content (AvgIpc) is 2.49. The number of rotatable bonds is 2. The Morgan fingerprint density at radius 2 is 2.46 bits per heavy atom. The second-order valence-corrected chi connectivity index (χ2v) is 3.92. The van der Waals surface area contributed by atoms with E-state index in [1.807, 2.05) is 6.21 Å². The van der Waals surface area contributed by atoms with Gasteiger partial charge in [-0.1, -0.05) is 19.9 Å². The highest BCUT2D eigenvalue weighted by Crippen LogP contribution is 2.20. The molecule has 0 fully saturated rings. The maximum atomic E-state index is 4.25. The van der Waals surface area contributed by atoms with Crippen molar-refractivity contribution >= 4 is 6.21 Å². The third kappa shape index (κ3) is 1.82. The molecule has 69 valence electrons. The van der Waals surface area contributed by atoms with Crippen molar-refractivity contribution in [2.24, 2.45) is 4.99 Å². The Morgan fingerprint density at radius 1 is 1.62 bits per heavy atom. The molecule has 0 bridgehead atoms. The van der Waals surface area contributed by atoms with Crippen molar-refractivity contribution in [1.29, 1.82) is 0 Å². The van der Waals surface area contributed by atoms with Crippen molar-refractivity contribution in [2.45, 2.75) is 13.8 Å². The molecule has 0 unspecified atom stereocenters. The summed E-state index contributed by atoms with van der Waals surface area (Å²) in [6, 6.07) is 0. The predicted molar refractivity (Wildman–Crippen MR) is 56.8 cm³/mol. The van der Waals surface area contributed by atoms with Gasteiger partial charge in [0.05, 0.1) is 6.54 Å². The zero-order valence-corrected chi connectivity index (χ0v) is 8.25. The van der Waals surface area contributed by atoms with Gasteiger partial charge in [0.15, 0.2) is 0 Å². The lowest BCUT2D eigenvalue weighted by Gasteiger charge is -2.24. The van der Waals surface area contributed by atoms with Crippen LogP contribution in [0, 0.1) is 5.92 Å². The maximum absolute atomic E-state index is 4.25. The molecule has 2 heterocycles. The molecular formula is C11H16N2+. The second kappa shape index (κ2) is 3.36. The molecule has 0 aromatic rings. The van der Waals surface area contributed by atoms with Gasteiger partial charge in [-0.05, 0) is 11.5 Å². The summed E-state index contributed by atoms with van der Waals surface area (Å²) in [4.78, 5) is 6.57. The Morgan fingerprint density at radius 3 is 3.23 bits per heavy atom. The highest BCUT2D eigenvalue weighted by Gasteiger charge is 2.15. The summed E-state index contributed by atoms with van der Waals surface area (Å²) >= 11 is 0. The van der Waals surface area contributed by atoms with Crippen molar-refractivity contribution in [2.75, 3.05) is 19.6 Å². The van der Waals surface area contributed by atoms with E-state index >= 15 is 0 Å². The summed E-state index contributed by atoms with van der Waals surface area (Å²) in [5.41, 5.74) is 2.69. The Bertz CT molecular complexity index is 290. The number of aliphatic imine (C=N–C) groups is 1. The minimum atomic E-state index is 0. The van der Waals surface area contributed by atoms with E-state index in [4.69, 9.17) is 0 Å². The van der Waals surface area contributed by atoms with E-state index in [1.165, 1.54) is 17.1 Å². The van der Waals surface area contributed by atoms with Crippen molar-refractivity contribution < 1.29 is 1.43 Å². The van der Waals surface area contributed by atoms with E-state index in [-0.39, 0.29) is 1.43 Å². The van der Waals surface area contributed by atoms with Crippen LogP contribution in [-0.4, -0.2) is 30.7 Å². The molecule has 1 radical (unpaired) electrons. The molecule has 0 atom stereocenters. The molecular weight excluding hydrogens is 160 g/mol. The quantitative estimate of drug-likeness (QED) is 0.627. The molecule has 0 amide bonds. The monoisotopic (exact) mass is 176 g/mol. The summed E-state index contributed by atoms with van der Waals surface area (Å²) in [7, 11) is 0. The summed E-state index contributed by atoms with van der Waals surface area (Å²) < 4.78 is 0. The van der Waals surface area contributed by atoms with Crippen LogP contribution >= 0.6 is 0 Å². The van der Waals surface area contributed by atoms with Crippen molar-refractivity contribution in [3.63, 3.8) is 0 Å². The van der Waals surface area contributed by atoms with Gasteiger partial charge in [0.25, 0.3) is 0 Å². The van der Waals surface area contributed by atoms with Crippen LogP contribution in [0.5, 0.6) is 0 Å². The topological polar surface area (TPSA) is 15.6 Å². The number of fused-ring (bicyclic) bond motifs is 1. The molecule has 0 aromatic carbocycles. The minimum absolute atomic E-state index is 0. The molecule has 0 aromatic heterocycles. The number of nitrogens with zero attached hydrogens (tertiary/aromatic N) is 2. The van der Waals surface area contributed by atoms with E-state index in [0.29, 0.717) is 0 Å². The smallest absolute Gasteiger partial charge is 0.373 e. The van der Waals surface area contributed by atoms with Gasteiger partial charge in [0, 0.05) is 31.1 Å². The van der Waals surface area contributed by atoms with Gasteiger partial charge in [-0.2, -0.15) is 0 Å². The highest BCUT2D eigenvalue weighted by molar-refractivity contribution is 5.88. The fraction of sp³-hybridized carbons (Fsp3) is 0.455. The summed E-state index contributed by atoms with van der Waals surface area (Å²) in [6.07, 6.45) is 6.48. The molecule has 2 aliphatic heterocycles. The Kier molecular flexibility index (Phi) is 2.21. The third-order valence-electron chi connectivity index (χ3n) is 2.28. The second-order valence-electron chi connectivity index (χ2n) is 3.92. The summed E-state index contributed by atoms with van der Waals surface area (Å²) in [5.74, 6) is 1.45. The van der Waals surface area contributed by atoms with E-state index in [1.54, 1.807) is 0 Å². The molecule has 0 spiro atoms. The van der Waals surface area contributed by atoms with Crippen LogP contribution in [0.4, 0.5) is 0 Å². The lowest BCUT2D eigenvalue weighted by Crippen LogP contribution is -2.25. The van der Waals surface area contributed by atoms with Crippen LogP contribution in [0.2, 0.25) is 0 Å². The molecule has 0 saturated heterocycles. The molecule has 2 nitrogen and oxygen atoms in total. The van der Waals surface area contributed by atoms with Gasteiger partial charge >= 0.3 is 1.43 Å². The Hall–Kier alpha value is -1.05. The minimum Gasteiger partial charge on any atom is -0.373 e. The normalized spacial score (nSPS) is 20.4. The summed E-state index contributed by atoms with van der Waals surface area (Å²) in [5, 5.41) is 0. The van der Waals surface area contributed by atoms with Gasteiger partial charge in [0.1, 0.15) is 0 Å². The standard InChI is InChI=1S/C11H15N2/c1-9(2)7-13-4-3-10-5-12-6-11(10)8-13/h3,6,8H,4-5,7H2,1-2H3/p+1. The van der Waals surface area contributed by atoms with Crippen molar-refractivity contribution in [1.82, 2.24) is 4.90 Å². The lowest BCUT2D eigenvalue weighted by molar-refractivity contribution is 0.423. The highest BCUT2D eigenvalue weighted by atomic mass is 15.1. The van der Waals surface area contributed by atoms with E-state index in [2.05, 4.69) is 36.0 Å². The molecule has 13 heavy (non-hydrogen) atoms. The van der Waals surface area contributed by atoms with Crippen LogP contribution in [0.1, 0.15) is 15.3 Å². The Balaban J connectivity index is 0.000000980. The molecule has 2 heteroatoms. The third-order valence-corrected chi connectivity index (χ3v) is 2.28. The number of hydrogen-bond acceptors (Lipinski definition) is 2. The van der Waals surface area contributed by atoms with Gasteiger partial charge in [0.2, 0.25) is 0 Å². The van der Waals surface area contributed by atoms with Gasteiger partial charge in [-0.3, -0.25) is 4.99 Å². The first kappa shape index (κ1) is 8.54. The van der Waals surface area contributed by atoms with Crippen LogP contribution in [0.3, 0.4) is 0 Å².